The molecule has 0 heterocycles. The van der Waals surface area contributed by atoms with Crippen LogP contribution in [0.2, 0.25) is 0 Å². The van der Waals surface area contributed by atoms with Gasteiger partial charge in [0.05, 0.1) is 26.4 Å². The summed E-state index contributed by atoms with van der Waals surface area (Å²) in [6, 6.07) is 0. The van der Waals surface area contributed by atoms with Crippen LogP contribution in [-0.4, -0.2) is 96.7 Å². The molecule has 0 aromatic carbocycles. The summed E-state index contributed by atoms with van der Waals surface area (Å²) in [5.41, 5.74) is 0. The van der Waals surface area contributed by atoms with Gasteiger partial charge in [-0.2, -0.15) is 0 Å². The molecule has 590 valence electrons. The predicted octanol–water partition coefficient (Wildman–Crippen LogP) is 23.0. The van der Waals surface area contributed by atoms with Crippen molar-refractivity contribution in [3.8, 4) is 0 Å². The number of phosphoric ester groups is 2. The van der Waals surface area contributed by atoms with Gasteiger partial charge in [-0.05, 0) is 161 Å². The maximum atomic E-state index is 13.1. The van der Waals surface area contributed by atoms with Gasteiger partial charge in [0.25, 0.3) is 0 Å². The number of allylic oxidation sites excluding steroid dienone is 28. The summed E-state index contributed by atoms with van der Waals surface area (Å²) in [4.78, 5) is 73.0. The molecule has 0 fully saturated rings. The molecule has 0 aliphatic heterocycles. The van der Waals surface area contributed by atoms with E-state index in [1.54, 1.807) is 0 Å². The standard InChI is InChI=1S/C85H138O17P2/c1-5-9-13-17-21-25-29-33-37-38-39-40-44-46-50-54-58-62-66-70-83(88)96-76-81(102-85(90)72-68-64-60-56-52-48-43-36-32-28-24-20-16-12-8-4)78-100-104(93,94)98-74-79(86)73-97-103(91,92)99-77-80(101-84(89)71-67-63-59-55-51-47-42-35-31-27-23-19-15-11-7-3)75-95-82(87)69-65-61-57-53-49-45-41-34-30-26-22-18-14-10-6-2/h9-10,12-14,16,21-22,24-26,28,33-37,39-43,46,50,52,56,58,62,79-81,86H,5-8,11,15,17-20,23,27,29-32,38,44-45,47-49,51,53-55,57,59-61,63-78H2,1-4H3,(H,91,92)(H,93,94)/b13-9-,14-10-,16-12-,25-21-,26-22-,28-24-,37-33-,40-39-,41-34-,42-35-,43-36-,50-46-,56-52-,62-58-. The Kier molecular flexibility index (Phi) is 71.6. The Balaban J connectivity index is 5.49. The molecule has 0 bridgehead atoms. The maximum Gasteiger partial charge on any atom is 0.472 e. The first kappa shape index (κ1) is 98.4. The van der Waals surface area contributed by atoms with E-state index in [1.165, 1.54) is 38.5 Å². The highest BCUT2D eigenvalue weighted by molar-refractivity contribution is 7.47. The van der Waals surface area contributed by atoms with Gasteiger partial charge in [-0.15, -0.1) is 0 Å². The fraction of sp³-hybridized carbons (Fsp3) is 0.624. The van der Waals surface area contributed by atoms with Crippen molar-refractivity contribution < 1.29 is 80.2 Å². The monoisotopic (exact) mass is 1490 g/mol. The number of carbonyl (C=O) groups excluding carboxylic acids is 4. The maximum absolute atomic E-state index is 13.1. The zero-order valence-corrected chi connectivity index (χ0v) is 66.2. The Morgan fingerprint density at radius 3 is 0.856 bits per heavy atom. The highest BCUT2D eigenvalue weighted by Crippen LogP contribution is 2.45. The third-order valence-corrected chi connectivity index (χ3v) is 17.6. The quantitative estimate of drug-likeness (QED) is 0.0169. The van der Waals surface area contributed by atoms with E-state index in [2.05, 4.69) is 174 Å². The van der Waals surface area contributed by atoms with E-state index in [9.17, 15) is 43.2 Å². The molecular formula is C85H138O17P2. The zero-order valence-electron chi connectivity index (χ0n) is 64.4. The molecule has 0 spiro atoms. The summed E-state index contributed by atoms with van der Waals surface area (Å²) in [6.07, 6.45) is 89.3. The molecule has 0 aliphatic rings. The minimum Gasteiger partial charge on any atom is -0.462 e. The van der Waals surface area contributed by atoms with Gasteiger partial charge in [0, 0.05) is 25.7 Å². The van der Waals surface area contributed by atoms with E-state index in [4.69, 9.17) is 37.0 Å². The molecule has 0 aromatic heterocycles. The lowest BCUT2D eigenvalue weighted by molar-refractivity contribution is -0.161. The number of carbonyl (C=O) groups is 4. The van der Waals surface area contributed by atoms with Crippen molar-refractivity contribution >= 4 is 39.5 Å². The number of phosphoric acid groups is 2. The highest BCUT2D eigenvalue weighted by Gasteiger charge is 2.30. The van der Waals surface area contributed by atoms with Crippen LogP contribution >= 0.6 is 15.6 Å². The molecule has 104 heavy (non-hydrogen) atoms. The Morgan fingerprint density at radius 2 is 0.519 bits per heavy atom. The zero-order chi connectivity index (χ0) is 76.0. The highest BCUT2D eigenvalue weighted by atomic mass is 31.2. The molecule has 17 nitrogen and oxygen atoms in total. The lowest BCUT2D eigenvalue weighted by Crippen LogP contribution is -2.30. The Morgan fingerprint density at radius 1 is 0.279 bits per heavy atom. The topological polar surface area (TPSA) is 237 Å². The molecule has 3 N–H and O–H groups in total. The van der Waals surface area contributed by atoms with Crippen molar-refractivity contribution in [1.82, 2.24) is 0 Å². The van der Waals surface area contributed by atoms with Gasteiger partial charge in [0.2, 0.25) is 0 Å². The van der Waals surface area contributed by atoms with Crippen molar-refractivity contribution in [3.63, 3.8) is 0 Å². The smallest absolute Gasteiger partial charge is 0.462 e. The van der Waals surface area contributed by atoms with Crippen LogP contribution in [-0.2, 0) is 65.4 Å². The van der Waals surface area contributed by atoms with Gasteiger partial charge in [-0.3, -0.25) is 37.3 Å². The molecule has 5 atom stereocenters. The second-order valence-corrected chi connectivity index (χ2v) is 28.4. The van der Waals surface area contributed by atoms with Crippen molar-refractivity contribution in [2.75, 3.05) is 39.6 Å². The third-order valence-electron chi connectivity index (χ3n) is 15.7. The van der Waals surface area contributed by atoms with Crippen LogP contribution in [0.4, 0.5) is 0 Å². The molecule has 0 saturated carbocycles. The molecule has 0 rings (SSSR count). The number of ether oxygens (including phenoxy) is 4. The number of hydrogen-bond acceptors (Lipinski definition) is 15. The summed E-state index contributed by atoms with van der Waals surface area (Å²) >= 11 is 0. The van der Waals surface area contributed by atoms with E-state index in [1.807, 2.05) is 24.3 Å². The fourth-order valence-electron chi connectivity index (χ4n) is 9.77. The summed E-state index contributed by atoms with van der Waals surface area (Å²) < 4.78 is 68.4. The second kappa shape index (κ2) is 75.6. The number of rotatable bonds is 72. The third kappa shape index (κ3) is 74.7. The normalized spacial score (nSPS) is 14.8. The van der Waals surface area contributed by atoms with Gasteiger partial charge in [-0.25, -0.2) is 9.13 Å². The Bertz CT molecular complexity index is 2640. The summed E-state index contributed by atoms with van der Waals surface area (Å²) in [5.74, 6) is -2.36. The van der Waals surface area contributed by atoms with Crippen LogP contribution in [0, 0.1) is 0 Å². The number of esters is 4. The van der Waals surface area contributed by atoms with Crippen molar-refractivity contribution in [1.29, 1.82) is 0 Å². The average Bonchev–Trinajstić information content (AvgIpc) is 0.918. The summed E-state index contributed by atoms with van der Waals surface area (Å²) in [6.45, 7) is 4.35. The molecular weight excluding hydrogens is 1350 g/mol. The van der Waals surface area contributed by atoms with Crippen LogP contribution in [0.5, 0.6) is 0 Å². The predicted molar refractivity (Wildman–Crippen MR) is 426 cm³/mol. The molecule has 0 aliphatic carbocycles. The van der Waals surface area contributed by atoms with Gasteiger partial charge >= 0.3 is 39.5 Å². The van der Waals surface area contributed by atoms with Crippen LogP contribution in [0.1, 0.15) is 285 Å². The summed E-state index contributed by atoms with van der Waals surface area (Å²) in [7, 11) is -10.0. The lowest BCUT2D eigenvalue weighted by Gasteiger charge is -2.21. The Labute approximate surface area is 629 Å². The van der Waals surface area contributed by atoms with Crippen LogP contribution in [0.3, 0.4) is 0 Å². The molecule has 5 unspecified atom stereocenters. The van der Waals surface area contributed by atoms with Gasteiger partial charge in [0.15, 0.2) is 12.2 Å². The molecule has 0 aromatic rings. The molecule has 19 heteroatoms. The molecule has 0 amide bonds. The van der Waals surface area contributed by atoms with E-state index in [-0.39, 0.29) is 25.7 Å². The van der Waals surface area contributed by atoms with E-state index in [0.29, 0.717) is 38.5 Å². The van der Waals surface area contributed by atoms with Gasteiger partial charge in [0.1, 0.15) is 19.3 Å². The second-order valence-electron chi connectivity index (χ2n) is 25.5. The summed E-state index contributed by atoms with van der Waals surface area (Å²) in [5, 5.41) is 10.6. The van der Waals surface area contributed by atoms with E-state index in [0.717, 1.165) is 154 Å². The Hall–Kier alpha value is -5.58. The number of hydrogen-bond donors (Lipinski definition) is 3. The largest absolute Gasteiger partial charge is 0.472 e. The fourth-order valence-corrected chi connectivity index (χ4v) is 11.4. The van der Waals surface area contributed by atoms with Crippen LogP contribution < -0.4 is 0 Å². The minimum atomic E-state index is -5.01. The number of aliphatic hydroxyl groups excluding tert-OH is 1. The SMILES string of the molecule is CC/C=C\C/C=C\C/C=C\C/C=C\C/C=C\C/C=C\CCC(=O)OCC(COP(=O)(O)OCC(O)COP(=O)(O)OCC(COC(=O)CCCCCCC/C=C\C/C=C\C/C=C\CC)OC(=O)CCCCCCC/C=C\CCCCCCCC)OC(=O)CCCC/C=C\C/C=C\C/C=C\C/C=C\CC. The van der Waals surface area contributed by atoms with Gasteiger partial charge in [-0.1, -0.05) is 268 Å². The number of aliphatic hydroxyl groups is 1. The molecule has 0 saturated heterocycles. The van der Waals surface area contributed by atoms with E-state index < -0.39 is 97.5 Å². The average molecular weight is 1490 g/mol. The lowest BCUT2D eigenvalue weighted by atomic mass is 10.1. The van der Waals surface area contributed by atoms with Gasteiger partial charge < -0.3 is 33.8 Å². The first-order chi connectivity index (χ1) is 50.7. The van der Waals surface area contributed by atoms with Crippen molar-refractivity contribution in [2.24, 2.45) is 0 Å². The van der Waals surface area contributed by atoms with Crippen LogP contribution in [0.15, 0.2) is 170 Å². The number of unbranched alkanes of at least 4 members (excludes halogenated alkanes) is 18. The van der Waals surface area contributed by atoms with Crippen LogP contribution in [0.25, 0.3) is 0 Å². The first-order valence-corrected chi connectivity index (χ1v) is 42.4. The van der Waals surface area contributed by atoms with E-state index >= 15 is 0 Å². The first-order valence-electron chi connectivity index (χ1n) is 39.4. The van der Waals surface area contributed by atoms with Crippen molar-refractivity contribution in [3.05, 3.63) is 170 Å². The van der Waals surface area contributed by atoms with Crippen molar-refractivity contribution in [2.45, 2.75) is 303 Å². The minimum absolute atomic E-state index is 0.0201. The molecule has 0 radical (unpaired) electrons.